The highest BCUT2D eigenvalue weighted by molar-refractivity contribution is 5.93. The molecule has 25 heavy (non-hydrogen) atoms. The zero-order valence-electron chi connectivity index (χ0n) is 14.8. The van der Waals surface area contributed by atoms with Gasteiger partial charge in [0.1, 0.15) is 5.60 Å². The number of carbonyl (C=O) groups is 1. The summed E-state index contributed by atoms with van der Waals surface area (Å²) in [4.78, 5) is 14.7. The summed E-state index contributed by atoms with van der Waals surface area (Å²) in [6, 6.07) is 6.24. The van der Waals surface area contributed by atoms with Crippen molar-refractivity contribution in [2.24, 2.45) is 0 Å². The number of anilines is 1. The molecule has 136 valence electrons. The predicted octanol–water partition coefficient (Wildman–Crippen LogP) is 2.12. The number of hydrogen-bond donors (Lipinski definition) is 2. The maximum Gasteiger partial charge on any atom is 0.238 e. The molecule has 2 atom stereocenters. The Morgan fingerprint density at radius 2 is 2.20 bits per heavy atom. The van der Waals surface area contributed by atoms with Gasteiger partial charge in [0.2, 0.25) is 5.91 Å². The first kappa shape index (κ1) is 17.0. The van der Waals surface area contributed by atoms with Gasteiger partial charge < -0.3 is 15.2 Å². The molecule has 0 aromatic heterocycles. The minimum Gasteiger partial charge on any atom is -0.390 e. The first-order valence-electron chi connectivity index (χ1n) is 9.61. The molecule has 0 bridgehead atoms. The van der Waals surface area contributed by atoms with Gasteiger partial charge in [0, 0.05) is 25.4 Å². The molecule has 4 rings (SSSR count). The summed E-state index contributed by atoms with van der Waals surface area (Å²) >= 11 is 0. The summed E-state index contributed by atoms with van der Waals surface area (Å²) in [6.07, 6.45) is 6.75. The molecular weight excluding hydrogens is 316 g/mol. The van der Waals surface area contributed by atoms with Crippen LogP contribution in [0.3, 0.4) is 0 Å². The Bertz CT molecular complexity index is 640. The number of likely N-dealkylation sites (tertiary alicyclic amines) is 1. The van der Waals surface area contributed by atoms with E-state index >= 15 is 0 Å². The molecule has 1 aliphatic carbocycles. The standard InChI is InChI=1S/C20H28N2O3/c23-18-9-11-22(14-20(18)10-4-12-25-20)13-19(24)21-17-8-3-6-15-5-1-2-7-16(15)17/h3,6,8,18,23H,1-2,4-5,7,9-14H2,(H,21,24)/t18-,20-/m0/s1. The van der Waals surface area contributed by atoms with Gasteiger partial charge in [-0.3, -0.25) is 9.69 Å². The number of hydrogen-bond acceptors (Lipinski definition) is 4. The Labute approximate surface area is 149 Å². The fourth-order valence-corrected chi connectivity index (χ4v) is 4.66. The number of benzene rings is 1. The van der Waals surface area contributed by atoms with Crippen LogP contribution in [-0.2, 0) is 22.4 Å². The zero-order chi connectivity index (χ0) is 17.3. The molecule has 1 aromatic carbocycles. The average molecular weight is 344 g/mol. The SMILES string of the molecule is O=C(CN1CC[C@H](O)[C@]2(CCCO2)C1)Nc1cccc2c1CCCC2. The molecule has 2 heterocycles. The lowest BCUT2D eigenvalue weighted by Crippen LogP contribution is -2.57. The van der Waals surface area contributed by atoms with Gasteiger partial charge in [-0.05, 0) is 62.1 Å². The number of rotatable bonds is 3. The number of amides is 1. The lowest BCUT2D eigenvalue weighted by atomic mass is 9.87. The molecule has 5 heteroatoms. The van der Waals surface area contributed by atoms with Gasteiger partial charge in [-0.1, -0.05) is 12.1 Å². The van der Waals surface area contributed by atoms with Gasteiger partial charge in [-0.25, -0.2) is 0 Å². The second kappa shape index (κ2) is 7.06. The largest absolute Gasteiger partial charge is 0.390 e. The monoisotopic (exact) mass is 344 g/mol. The molecule has 0 radical (unpaired) electrons. The van der Waals surface area contributed by atoms with E-state index in [0.717, 1.165) is 37.9 Å². The summed E-state index contributed by atoms with van der Waals surface area (Å²) in [5, 5.41) is 13.5. The van der Waals surface area contributed by atoms with Crippen LogP contribution in [0.5, 0.6) is 0 Å². The fraction of sp³-hybridized carbons (Fsp3) is 0.650. The molecule has 1 aromatic rings. The van der Waals surface area contributed by atoms with E-state index < -0.39 is 11.7 Å². The summed E-state index contributed by atoms with van der Waals surface area (Å²) in [6.45, 7) is 2.47. The van der Waals surface area contributed by atoms with Gasteiger partial charge in [0.15, 0.2) is 0 Å². The Kier molecular flexibility index (Phi) is 4.80. The third-order valence-corrected chi connectivity index (χ3v) is 5.99. The van der Waals surface area contributed by atoms with E-state index in [1.165, 1.54) is 24.0 Å². The molecular formula is C20H28N2O3. The smallest absolute Gasteiger partial charge is 0.238 e. The number of nitrogens with one attached hydrogen (secondary N) is 1. The van der Waals surface area contributed by atoms with Crippen molar-refractivity contribution in [3.8, 4) is 0 Å². The highest BCUT2D eigenvalue weighted by Crippen LogP contribution is 2.35. The number of aliphatic hydroxyl groups is 1. The van der Waals surface area contributed by atoms with Crippen molar-refractivity contribution in [3.63, 3.8) is 0 Å². The van der Waals surface area contributed by atoms with Crippen molar-refractivity contribution in [2.75, 3.05) is 31.6 Å². The second-order valence-electron chi connectivity index (χ2n) is 7.73. The molecule has 2 N–H and O–H groups in total. The first-order valence-corrected chi connectivity index (χ1v) is 9.61. The molecule has 3 aliphatic rings. The van der Waals surface area contributed by atoms with E-state index in [0.29, 0.717) is 26.1 Å². The van der Waals surface area contributed by atoms with E-state index in [9.17, 15) is 9.90 Å². The number of nitrogens with zero attached hydrogens (tertiary/aromatic N) is 1. The first-order chi connectivity index (χ1) is 12.2. The summed E-state index contributed by atoms with van der Waals surface area (Å²) < 4.78 is 5.87. The molecule has 2 saturated heterocycles. The second-order valence-corrected chi connectivity index (χ2v) is 7.73. The van der Waals surface area contributed by atoms with Crippen LogP contribution >= 0.6 is 0 Å². The van der Waals surface area contributed by atoms with Crippen LogP contribution < -0.4 is 5.32 Å². The predicted molar refractivity (Wildman–Crippen MR) is 96.7 cm³/mol. The highest BCUT2D eigenvalue weighted by Gasteiger charge is 2.46. The molecule has 1 spiro atoms. The summed E-state index contributed by atoms with van der Waals surface area (Å²) in [5.41, 5.74) is 3.21. The number of fused-ring (bicyclic) bond motifs is 1. The van der Waals surface area contributed by atoms with E-state index in [1.807, 2.05) is 12.1 Å². The molecule has 1 amide bonds. The minimum atomic E-state index is -0.454. The van der Waals surface area contributed by atoms with E-state index in [-0.39, 0.29) is 5.91 Å². The number of ether oxygens (including phenoxy) is 1. The van der Waals surface area contributed by atoms with Crippen LogP contribution in [0.15, 0.2) is 18.2 Å². The number of aliphatic hydroxyl groups excluding tert-OH is 1. The van der Waals surface area contributed by atoms with Crippen LogP contribution in [0.25, 0.3) is 0 Å². The lowest BCUT2D eigenvalue weighted by molar-refractivity contribution is -0.137. The number of carbonyl (C=O) groups excluding carboxylic acids is 1. The van der Waals surface area contributed by atoms with E-state index in [2.05, 4.69) is 16.3 Å². The van der Waals surface area contributed by atoms with Crippen molar-refractivity contribution in [1.82, 2.24) is 4.90 Å². The van der Waals surface area contributed by atoms with Crippen LogP contribution in [0.4, 0.5) is 5.69 Å². The summed E-state index contributed by atoms with van der Waals surface area (Å²) in [7, 11) is 0. The van der Waals surface area contributed by atoms with Crippen LogP contribution in [0.1, 0.15) is 43.2 Å². The molecule has 5 nitrogen and oxygen atoms in total. The fourth-order valence-electron chi connectivity index (χ4n) is 4.66. The van der Waals surface area contributed by atoms with Gasteiger partial charge >= 0.3 is 0 Å². The Morgan fingerprint density at radius 3 is 3.04 bits per heavy atom. The van der Waals surface area contributed by atoms with Crippen molar-refractivity contribution in [2.45, 2.75) is 56.7 Å². The zero-order valence-corrected chi connectivity index (χ0v) is 14.8. The van der Waals surface area contributed by atoms with Gasteiger partial charge in [0.25, 0.3) is 0 Å². The Morgan fingerprint density at radius 1 is 1.32 bits per heavy atom. The Balaban J connectivity index is 1.40. The maximum absolute atomic E-state index is 12.6. The van der Waals surface area contributed by atoms with Crippen molar-refractivity contribution in [1.29, 1.82) is 0 Å². The van der Waals surface area contributed by atoms with Gasteiger partial charge in [-0.15, -0.1) is 0 Å². The Hall–Kier alpha value is -1.43. The molecule has 0 saturated carbocycles. The normalized spacial score (nSPS) is 29.6. The minimum absolute atomic E-state index is 0.0310. The third-order valence-electron chi connectivity index (χ3n) is 5.99. The van der Waals surface area contributed by atoms with E-state index in [4.69, 9.17) is 4.74 Å². The molecule has 2 fully saturated rings. The van der Waals surface area contributed by atoms with Crippen LogP contribution in [0, 0.1) is 0 Å². The van der Waals surface area contributed by atoms with Gasteiger partial charge in [0.05, 0.1) is 12.6 Å². The van der Waals surface area contributed by atoms with Crippen LogP contribution in [0.2, 0.25) is 0 Å². The molecule has 2 aliphatic heterocycles. The topological polar surface area (TPSA) is 61.8 Å². The van der Waals surface area contributed by atoms with E-state index in [1.54, 1.807) is 0 Å². The summed E-state index contributed by atoms with van der Waals surface area (Å²) in [5.74, 6) is 0.0310. The maximum atomic E-state index is 12.6. The van der Waals surface area contributed by atoms with Crippen LogP contribution in [-0.4, -0.2) is 53.9 Å². The number of piperidine rings is 1. The van der Waals surface area contributed by atoms with Gasteiger partial charge in [-0.2, -0.15) is 0 Å². The quantitative estimate of drug-likeness (QED) is 0.882. The van der Waals surface area contributed by atoms with Crippen molar-refractivity contribution < 1.29 is 14.6 Å². The number of aryl methyl sites for hydroxylation is 1. The van der Waals surface area contributed by atoms with Crippen molar-refractivity contribution in [3.05, 3.63) is 29.3 Å². The van der Waals surface area contributed by atoms with Crippen molar-refractivity contribution >= 4 is 11.6 Å². The highest BCUT2D eigenvalue weighted by atomic mass is 16.5. The third kappa shape index (κ3) is 3.46. The molecule has 0 unspecified atom stereocenters. The average Bonchev–Trinajstić information content (AvgIpc) is 3.08. The lowest BCUT2D eigenvalue weighted by Gasteiger charge is -2.42.